The number of aliphatic hydroxyl groups is 1. The third-order valence-corrected chi connectivity index (χ3v) is 3.07. The maximum atomic E-state index is 8.92. The van der Waals surface area contributed by atoms with Crippen molar-refractivity contribution in [1.29, 1.82) is 0 Å². The van der Waals surface area contributed by atoms with Crippen LogP contribution in [-0.2, 0) is 6.42 Å². The molecule has 0 spiro atoms. The predicted octanol–water partition coefficient (Wildman–Crippen LogP) is 2.18. The molecule has 0 amide bonds. The van der Waals surface area contributed by atoms with E-state index >= 15 is 0 Å². The molecule has 1 aromatic heterocycles. The van der Waals surface area contributed by atoms with Gasteiger partial charge >= 0.3 is 0 Å². The lowest BCUT2D eigenvalue weighted by Gasteiger charge is -2.03. The molecule has 0 aliphatic carbocycles. The molecule has 0 fully saturated rings. The maximum absolute atomic E-state index is 8.92. The first-order valence-electron chi connectivity index (χ1n) is 5.24. The van der Waals surface area contributed by atoms with E-state index in [0.29, 0.717) is 6.42 Å². The largest absolute Gasteiger partial charge is 0.497 e. The summed E-state index contributed by atoms with van der Waals surface area (Å²) in [7, 11) is 1.63. The molecule has 0 bridgehead atoms. The smallest absolute Gasteiger partial charge is 0.121 e. The number of hydrogen-bond donors (Lipinski definition) is 1. The van der Waals surface area contributed by atoms with E-state index in [4.69, 9.17) is 9.84 Å². The molecule has 17 heavy (non-hydrogen) atoms. The zero-order valence-corrected chi connectivity index (χ0v) is 11.0. The number of aliphatic hydroxyl groups excluding tert-OH is 1. The standard InChI is InChI=1S/C12H13BrN2O2/c1-17-10-4-2-3-9(7-10)15-8-11(13)12(14-15)5-6-16/h2-4,7-8,16H,5-6H2,1H3. The van der Waals surface area contributed by atoms with Gasteiger partial charge in [-0.05, 0) is 28.1 Å². The number of aromatic nitrogens is 2. The number of methoxy groups -OCH3 is 1. The van der Waals surface area contributed by atoms with Crippen LogP contribution in [0.2, 0.25) is 0 Å². The number of ether oxygens (including phenoxy) is 1. The summed E-state index contributed by atoms with van der Waals surface area (Å²) in [4.78, 5) is 0. The number of halogens is 1. The zero-order chi connectivity index (χ0) is 12.3. The summed E-state index contributed by atoms with van der Waals surface area (Å²) in [5, 5.41) is 13.3. The van der Waals surface area contributed by atoms with E-state index in [1.54, 1.807) is 11.8 Å². The normalized spacial score (nSPS) is 10.5. The highest BCUT2D eigenvalue weighted by Crippen LogP contribution is 2.20. The van der Waals surface area contributed by atoms with Crippen LogP contribution in [0, 0.1) is 0 Å². The van der Waals surface area contributed by atoms with Crippen molar-refractivity contribution in [2.45, 2.75) is 6.42 Å². The van der Waals surface area contributed by atoms with E-state index in [0.717, 1.165) is 21.6 Å². The molecular formula is C12H13BrN2O2. The van der Waals surface area contributed by atoms with Crippen molar-refractivity contribution in [3.05, 3.63) is 40.6 Å². The number of hydrogen-bond acceptors (Lipinski definition) is 3. The zero-order valence-electron chi connectivity index (χ0n) is 9.43. The Kier molecular flexibility index (Phi) is 3.81. The van der Waals surface area contributed by atoms with Crippen molar-refractivity contribution in [2.24, 2.45) is 0 Å². The minimum absolute atomic E-state index is 0.0910. The van der Waals surface area contributed by atoms with Crippen LogP contribution in [0.5, 0.6) is 5.75 Å². The summed E-state index contributed by atoms with van der Waals surface area (Å²) in [5.74, 6) is 0.790. The number of rotatable bonds is 4. The van der Waals surface area contributed by atoms with Gasteiger partial charge in [0, 0.05) is 25.3 Å². The SMILES string of the molecule is COc1cccc(-n2cc(Br)c(CCO)n2)c1. The molecule has 2 rings (SSSR count). The molecule has 5 heteroatoms. The lowest BCUT2D eigenvalue weighted by molar-refractivity contribution is 0.298. The van der Waals surface area contributed by atoms with Crippen molar-refractivity contribution in [3.63, 3.8) is 0 Å². The van der Waals surface area contributed by atoms with Gasteiger partial charge in [0.25, 0.3) is 0 Å². The van der Waals surface area contributed by atoms with E-state index in [9.17, 15) is 0 Å². The fraction of sp³-hybridized carbons (Fsp3) is 0.250. The van der Waals surface area contributed by atoms with Crippen LogP contribution < -0.4 is 4.74 Å². The van der Waals surface area contributed by atoms with Gasteiger partial charge < -0.3 is 9.84 Å². The van der Waals surface area contributed by atoms with Gasteiger partial charge in [0.15, 0.2) is 0 Å². The molecule has 90 valence electrons. The van der Waals surface area contributed by atoms with Gasteiger partial charge in [-0.15, -0.1) is 0 Å². The highest BCUT2D eigenvalue weighted by atomic mass is 79.9. The quantitative estimate of drug-likeness (QED) is 0.941. The molecule has 0 aliphatic rings. The summed E-state index contributed by atoms with van der Waals surface area (Å²) in [5.41, 5.74) is 1.77. The summed E-state index contributed by atoms with van der Waals surface area (Å²) >= 11 is 3.43. The van der Waals surface area contributed by atoms with Crippen LogP contribution in [0.25, 0.3) is 5.69 Å². The first kappa shape index (κ1) is 12.1. The predicted molar refractivity (Wildman–Crippen MR) is 68.6 cm³/mol. The molecule has 2 aromatic rings. The first-order chi connectivity index (χ1) is 8.24. The summed E-state index contributed by atoms with van der Waals surface area (Å²) in [6.07, 6.45) is 2.41. The van der Waals surface area contributed by atoms with E-state index < -0.39 is 0 Å². The van der Waals surface area contributed by atoms with Crippen LogP contribution in [-0.4, -0.2) is 28.6 Å². The van der Waals surface area contributed by atoms with Gasteiger partial charge in [-0.3, -0.25) is 0 Å². The molecule has 0 radical (unpaired) electrons. The summed E-state index contributed by atoms with van der Waals surface area (Å²) < 4.78 is 7.83. The molecule has 4 nitrogen and oxygen atoms in total. The molecule has 0 aliphatic heterocycles. The lowest BCUT2D eigenvalue weighted by Crippen LogP contribution is -1.98. The van der Waals surface area contributed by atoms with Crippen LogP contribution >= 0.6 is 15.9 Å². The third-order valence-electron chi connectivity index (χ3n) is 2.41. The van der Waals surface area contributed by atoms with Gasteiger partial charge in [0.2, 0.25) is 0 Å². The Morgan fingerprint density at radius 3 is 3.00 bits per heavy atom. The van der Waals surface area contributed by atoms with Crippen molar-refractivity contribution in [2.75, 3.05) is 13.7 Å². The molecule has 0 saturated carbocycles. The van der Waals surface area contributed by atoms with E-state index in [1.165, 1.54) is 0 Å². The Labute approximate surface area is 108 Å². The van der Waals surface area contributed by atoms with Crippen LogP contribution in [0.15, 0.2) is 34.9 Å². The average molecular weight is 297 g/mol. The summed E-state index contributed by atoms with van der Waals surface area (Å²) in [6.45, 7) is 0.0910. The molecular weight excluding hydrogens is 284 g/mol. The topological polar surface area (TPSA) is 47.3 Å². The van der Waals surface area contributed by atoms with E-state index in [1.807, 2.05) is 30.5 Å². The fourth-order valence-corrected chi connectivity index (χ4v) is 2.02. The van der Waals surface area contributed by atoms with Gasteiger partial charge in [0.05, 0.1) is 23.0 Å². The van der Waals surface area contributed by atoms with Crippen LogP contribution in [0.4, 0.5) is 0 Å². The maximum Gasteiger partial charge on any atom is 0.121 e. The van der Waals surface area contributed by atoms with Gasteiger partial charge in [-0.2, -0.15) is 5.10 Å². The minimum Gasteiger partial charge on any atom is -0.497 e. The Morgan fingerprint density at radius 2 is 2.29 bits per heavy atom. The monoisotopic (exact) mass is 296 g/mol. The van der Waals surface area contributed by atoms with Crippen LogP contribution in [0.1, 0.15) is 5.69 Å². The third kappa shape index (κ3) is 2.68. The van der Waals surface area contributed by atoms with Crippen LogP contribution in [0.3, 0.4) is 0 Å². The van der Waals surface area contributed by atoms with Crippen molar-refractivity contribution in [3.8, 4) is 11.4 Å². The molecule has 1 aromatic carbocycles. The highest BCUT2D eigenvalue weighted by Gasteiger charge is 2.07. The Balaban J connectivity index is 2.35. The van der Waals surface area contributed by atoms with E-state index in [2.05, 4.69) is 21.0 Å². The molecule has 0 saturated heterocycles. The summed E-state index contributed by atoms with van der Waals surface area (Å²) in [6, 6.07) is 7.65. The Morgan fingerprint density at radius 1 is 1.47 bits per heavy atom. The molecule has 0 unspecified atom stereocenters. The van der Waals surface area contributed by atoms with Crippen molar-refractivity contribution >= 4 is 15.9 Å². The second-order valence-corrected chi connectivity index (χ2v) is 4.40. The number of nitrogens with zero attached hydrogens (tertiary/aromatic N) is 2. The van der Waals surface area contributed by atoms with E-state index in [-0.39, 0.29) is 6.61 Å². The Hall–Kier alpha value is -1.33. The molecule has 1 N–H and O–H groups in total. The lowest BCUT2D eigenvalue weighted by atomic mass is 10.3. The second-order valence-electron chi connectivity index (χ2n) is 3.54. The molecule has 0 atom stereocenters. The van der Waals surface area contributed by atoms with Crippen molar-refractivity contribution < 1.29 is 9.84 Å². The van der Waals surface area contributed by atoms with Crippen molar-refractivity contribution in [1.82, 2.24) is 9.78 Å². The first-order valence-corrected chi connectivity index (χ1v) is 6.03. The Bertz CT molecular complexity index is 511. The second kappa shape index (κ2) is 5.33. The number of benzene rings is 1. The minimum atomic E-state index is 0.0910. The molecule has 1 heterocycles. The average Bonchev–Trinajstić information content (AvgIpc) is 2.72. The fourth-order valence-electron chi connectivity index (χ4n) is 1.55. The van der Waals surface area contributed by atoms with Gasteiger partial charge in [0.1, 0.15) is 5.75 Å². The highest BCUT2D eigenvalue weighted by molar-refractivity contribution is 9.10. The van der Waals surface area contributed by atoms with Gasteiger partial charge in [-0.1, -0.05) is 6.07 Å². The van der Waals surface area contributed by atoms with Gasteiger partial charge in [-0.25, -0.2) is 4.68 Å².